The highest BCUT2D eigenvalue weighted by Crippen LogP contribution is 2.24. The van der Waals surface area contributed by atoms with E-state index in [0.29, 0.717) is 17.9 Å². The van der Waals surface area contributed by atoms with Gasteiger partial charge in [0.15, 0.2) is 5.78 Å². The van der Waals surface area contributed by atoms with Gasteiger partial charge in [-0.05, 0) is 53.3 Å². The van der Waals surface area contributed by atoms with E-state index in [9.17, 15) is 9.59 Å². The van der Waals surface area contributed by atoms with E-state index < -0.39 is 0 Å². The second-order valence-electron chi connectivity index (χ2n) is 5.04. The molecule has 0 aromatic heterocycles. The Balaban J connectivity index is 2.13. The van der Waals surface area contributed by atoms with E-state index in [4.69, 9.17) is 4.74 Å². The maximum Gasteiger partial charge on any atom is 0.167 e. The van der Waals surface area contributed by atoms with Crippen molar-refractivity contribution < 1.29 is 14.3 Å². The zero-order chi connectivity index (χ0) is 15.9. The molecule has 0 aliphatic carbocycles. The molecule has 0 saturated carbocycles. The van der Waals surface area contributed by atoms with Gasteiger partial charge in [0.05, 0.1) is 5.56 Å². The van der Waals surface area contributed by atoms with Crippen LogP contribution in [0.1, 0.15) is 35.7 Å². The van der Waals surface area contributed by atoms with Gasteiger partial charge in [0, 0.05) is 16.4 Å². The third-order valence-electron chi connectivity index (χ3n) is 3.18. The molecule has 0 aliphatic rings. The molecule has 0 saturated heterocycles. The van der Waals surface area contributed by atoms with Crippen LogP contribution in [0.15, 0.2) is 48.5 Å². The van der Waals surface area contributed by atoms with E-state index in [0.717, 1.165) is 9.13 Å². The van der Waals surface area contributed by atoms with Crippen LogP contribution in [0.25, 0.3) is 0 Å². The van der Waals surface area contributed by atoms with Gasteiger partial charge in [-0.25, -0.2) is 0 Å². The Morgan fingerprint density at radius 1 is 1.05 bits per heavy atom. The molecule has 4 heteroatoms. The topological polar surface area (TPSA) is 43.4 Å². The highest BCUT2D eigenvalue weighted by atomic mass is 127. The van der Waals surface area contributed by atoms with Gasteiger partial charge in [-0.1, -0.05) is 30.3 Å². The van der Waals surface area contributed by atoms with Gasteiger partial charge < -0.3 is 9.53 Å². The largest absolute Gasteiger partial charge is 0.488 e. The van der Waals surface area contributed by atoms with Crippen molar-refractivity contribution >= 4 is 34.2 Å². The number of hydrogen-bond donors (Lipinski definition) is 0. The number of benzene rings is 2. The maximum atomic E-state index is 12.3. The molecule has 0 bridgehead atoms. The second kappa shape index (κ2) is 8.08. The lowest BCUT2D eigenvalue weighted by molar-refractivity contribution is -0.116. The van der Waals surface area contributed by atoms with Crippen molar-refractivity contribution in [3.8, 4) is 5.75 Å². The molecule has 0 radical (unpaired) electrons. The van der Waals surface area contributed by atoms with Crippen molar-refractivity contribution in [2.75, 3.05) is 0 Å². The lowest BCUT2D eigenvalue weighted by atomic mass is 10.0. The van der Waals surface area contributed by atoms with Gasteiger partial charge in [0.1, 0.15) is 18.1 Å². The summed E-state index contributed by atoms with van der Waals surface area (Å²) in [5.41, 5.74) is 1.59. The SMILES string of the molecule is CC(=O)CCC(=O)c1cc(I)ccc1OCc1ccccc1. The minimum absolute atomic E-state index is 0.0192. The summed E-state index contributed by atoms with van der Waals surface area (Å²) in [4.78, 5) is 23.4. The normalized spacial score (nSPS) is 10.3. The Hall–Kier alpha value is -1.69. The van der Waals surface area contributed by atoms with Crippen molar-refractivity contribution in [2.45, 2.75) is 26.4 Å². The average Bonchev–Trinajstić information content (AvgIpc) is 2.52. The van der Waals surface area contributed by atoms with Crippen LogP contribution < -0.4 is 4.74 Å². The van der Waals surface area contributed by atoms with E-state index in [1.165, 1.54) is 6.92 Å². The standard InChI is InChI=1S/C18H17IO3/c1-13(20)7-9-17(21)16-11-15(19)8-10-18(16)22-12-14-5-3-2-4-6-14/h2-6,8,10-11H,7,9,12H2,1H3. The average molecular weight is 408 g/mol. The third kappa shape index (κ3) is 4.94. The fraction of sp³-hybridized carbons (Fsp3) is 0.222. The first-order valence-electron chi connectivity index (χ1n) is 7.05. The van der Waals surface area contributed by atoms with E-state index in [1.807, 2.05) is 48.5 Å². The summed E-state index contributed by atoms with van der Waals surface area (Å²) >= 11 is 2.16. The first-order chi connectivity index (χ1) is 10.6. The highest BCUT2D eigenvalue weighted by molar-refractivity contribution is 14.1. The summed E-state index contributed by atoms with van der Waals surface area (Å²) in [6.07, 6.45) is 0.486. The molecule has 0 atom stereocenters. The fourth-order valence-electron chi connectivity index (χ4n) is 2.01. The molecular weight excluding hydrogens is 391 g/mol. The molecular formula is C18H17IO3. The predicted octanol–water partition coefficient (Wildman–Crippen LogP) is 4.42. The minimum atomic E-state index is -0.0585. The molecule has 3 nitrogen and oxygen atoms in total. The maximum absolute atomic E-state index is 12.3. The summed E-state index contributed by atoms with van der Waals surface area (Å²) in [7, 11) is 0. The van der Waals surface area contributed by atoms with Crippen molar-refractivity contribution in [2.24, 2.45) is 0 Å². The number of ether oxygens (including phenoxy) is 1. The monoisotopic (exact) mass is 408 g/mol. The quantitative estimate of drug-likeness (QED) is 0.503. The summed E-state index contributed by atoms with van der Waals surface area (Å²) in [6.45, 7) is 1.91. The molecule has 2 aromatic rings. The van der Waals surface area contributed by atoms with Crippen LogP contribution >= 0.6 is 22.6 Å². The van der Waals surface area contributed by atoms with Crippen LogP contribution in [0.5, 0.6) is 5.75 Å². The van der Waals surface area contributed by atoms with E-state index in [1.54, 1.807) is 0 Å². The van der Waals surface area contributed by atoms with Gasteiger partial charge in [0.2, 0.25) is 0 Å². The summed E-state index contributed by atoms with van der Waals surface area (Å²) in [6, 6.07) is 15.3. The smallest absolute Gasteiger partial charge is 0.167 e. The summed E-state index contributed by atoms with van der Waals surface area (Å²) in [5, 5.41) is 0. The minimum Gasteiger partial charge on any atom is -0.488 e. The number of Topliss-reactive ketones (excluding diaryl/α,β-unsaturated/α-hetero) is 2. The summed E-state index contributed by atoms with van der Waals surface area (Å²) < 4.78 is 6.77. The number of rotatable bonds is 7. The molecule has 2 rings (SSSR count). The molecule has 0 heterocycles. The number of carbonyl (C=O) groups excluding carboxylic acids is 2. The number of hydrogen-bond acceptors (Lipinski definition) is 3. The molecule has 0 amide bonds. The van der Waals surface area contributed by atoms with Gasteiger partial charge in [0.25, 0.3) is 0 Å². The van der Waals surface area contributed by atoms with Crippen molar-refractivity contribution in [1.29, 1.82) is 0 Å². The number of carbonyl (C=O) groups is 2. The second-order valence-corrected chi connectivity index (χ2v) is 6.29. The molecule has 22 heavy (non-hydrogen) atoms. The van der Waals surface area contributed by atoms with Crippen molar-refractivity contribution in [3.63, 3.8) is 0 Å². The van der Waals surface area contributed by atoms with Crippen LogP contribution in [-0.4, -0.2) is 11.6 Å². The van der Waals surface area contributed by atoms with Gasteiger partial charge >= 0.3 is 0 Å². The van der Waals surface area contributed by atoms with Gasteiger partial charge in [-0.15, -0.1) is 0 Å². The highest BCUT2D eigenvalue weighted by Gasteiger charge is 2.14. The van der Waals surface area contributed by atoms with E-state index in [2.05, 4.69) is 22.6 Å². The first kappa shape index (κ1) is 16.7. The molecule has 0 unspecified atom stereocenters. The van der Waals surface area contributed by atoms with Crippen LogP contribution in [0.4, 0.5) is 0 Å². The van der Waals surface area contributed by atoms with Crippen molar-refractivity contribution in [1.82, 2.24) is 0 Å². The Labute approximate surface area is 143 Å². The Bertz CT molecular complexity index is 665. The van der Waals surface area contributed by atoms with Crippen molar-refractivity contribution in [3.05, 3.63) is 63.2 Å². The molecule has 114 valence electrons. The Morgan fingerprint density at radius 3 is 2.45 bits per heavy atom. The van der Waals surface area contributed by atoms with Crippen LogP contribution in [0.3, 0.4) is 0 Å². The van der Waals surface area contributed by atoms with Crippen LogP contribution in [0, 0.1) is 3.57 Å². The zero-order valence-electron chi connectivity index (χ0n) is 12.3. The zero-order valence-corrected chi connectivity index (χ0v) is 14.5. The summed E-state index contributed by atoms with van der Waals surface area (Å²) in [5.74, 6) is 0.528. The fourth-order valence-corrected chi connectivity index (χ4v) is 2.50. The van der Waals surface area contributed by atoms with E-state index >= 15 is 0 Å². The van der Waals surface area contributed by atoms with Crippen LogP contribution in [-0.2, 0) is 11.4 Å². The molecule has 0 aliphatic heterocycles. The number of ketones is 2. The molecule has 0 N–H and O–H groups in total. The van der Waals surface area contributed by atoms with Gasteiger partial charge in [-0.2, -0.15) is 0 Å². The lowest BCUT2D eigenvalue weighted by Gasteiger charge is -2.11. The lowest BCUT2D eigenvalue weighted by Crippen LogP contribution is -2.06. The predicted molar refractivity (Wildman–Crippen MR) is 94.2 cm³/mol. The molecule has 0 fully saturated rings. The van der Waals surface area contributed by atoms with Crippen LogP contribution in [0.2, 0.25) is 0 Å². The Morgan fingerprint density at radius 2 is 1.77 bits per heavy atom. The first-order valence-corrected chi connectivity index (χ1v) is 8.13. The Kier molecular flexibility index (Phi) is 6.12. The molecule has 2 aromatic carbocycles. The third-order valence-corrected chi connectivity index (χ3v) is 3.85. The molecule has 0 spiro atoms. The van der Waals surface area contributed by atoms with Gasteiger partial charge in [-0.3, -0.25) is 4.79 Å². The van der Waals surface area contributed by atoms with E-state index in [-0.39, 0.29) is 24.4 Å². The number of halogens is 1.